The van der Waals surface area contributed by atoms with E-state index in [2.05, 4.69) is 0 Å². The molecule has 96 valence electrons. The molecule has 0 N–H and O–H groups in total. The van der Waals surface area contributed by atoms with Crippen LogP contribution in [-0.4, -0.2) is 25.1 Å². The Labute approximate surface area is 107 Å². The second-order valence-corrected chi connectivity index (χ2v) is 4.99. The maximum Gasteiger partial charge on any atom is 0.191 e. The second kappa shape index (κ2) is 5.11. The third kappa shape index (κ3) is 2.27. The summed E-state index contributed by atoms with van der Waals surface area (Å²) >= 11 is 0. The molecule has 1 aromatic rings. The van der Waals surface area contributed by atoms with Gasteiger partial charge in [-0.15, -0.1) is 0 Å². The molecule has 3 nitrogen and oxygen atoms in total. The predicted molar refractivity (Wildman–Crippen MR) is 68.2 cm³/mol. The van der Waals surface area contributed by atoms with Gasteiger partial charge in [0.2, 0.25) is 0 Å². The first-order valence-corrected chi connectivity index (χ1v) is 6.76. The molecule has 0 amide bonds. The molecular formula is C15H18O3. The number of benzene rings is 1. The fraction of sp³-hybridized carbons (Fsp3) is 0.533. The number of carbonyl (C=O) groups excluding carboxylic acids is 1. The second-order valence-electron chi connectivity index (χ2n) is 4.99. The van der Waals surface area contributed by atoms with Crippen molar-refractivity contribution < 1.29 is 14.3 Å². The molecule has 0 radical (unpaired) electrons. The highest BCUT2D eigenvalue weighted by Gasteiger charge is 2.25. The fourth-order valence-electron chi connectivity index (χ4n) is 2.64. The van der Waals surface area contributed by atoms with Gasteiger partial charge in [0.15, 0.2) is 5.78 Å². The van der Waals surface area contributed by atoms with E-state index in [1.54, 1.807) is 0 Å². The standard InChI is InChI=1S/C15H18O3/c16-15(14-5-3-9-18-14)12-6-7-13-11(10-12)4-1-2-8-17-13/h6-7,10,14H,1-5,8-9H2. The average Bonchev–Trinajstić information content (AvgIpc) is 2.83. The molecule has 2 heterocycles. The number of hydrogen-bond acceptors (Lipinski definition) is 3. The molecule has 2 aliphatic heterocycles. The van der Waals surface area contributed by atoms with Crippen molar-refractivity contribution in [3.05, 3.63) is 29.3 Å². The van der Waals surface area contributed by atoms with Crippen LogP contribution in [0, 0.1) is 0 Å². The topological polar surface area (TPSA) is 35.5 Å². The zero-order valence-corrected chi connectivity index (χ0v) is 10.5. The number of aryl methyl sites for hydroxylation is 1. The number of fused-ring (bicyclic) bond motifs is 1. The van der Waals surface area contributed by atoms with E-state index in [0.717, 1.165) is 55.6 Å². The summed E-state index contributed by atoms with van der Waals surface area (Å²) in [6, 6.07) is 5.79. The lowest BCUT2D eigenvalue weighted by Gasteiger charge is -2.11. The Morgan fingerprint density at radius 1 is 1.17 bits per heavy atom. The monoisotopic (exact) mass is 246 g/mol. The van der Waals surface area contributed by atoms with Crippen LogP contribution >= 0.6 is 0 Å². The quantitative estimate of drug-likeness (QED) is 0.753. The third-order valence-corrected chi connectivity index (χ3v) is 3.67. The number of Topliss-reactive ketones (excluding diaryl/α,β-unsaturated/α-hetero) is 1. The molecule has 1 saturated heterocycles. The first-order chi connectivity index (χ1) is 8.84. The van der Waals surface area contributed by atoms with Crippen LogP contribution in [0.2, 0.25) is 0 Å². The van der Waals surface area contributed by atoms with Gasteiger partial charge in [0.05, 0.1) is 6.61 Å². The molecule has 2 aliphatic rings. The van der Waals surface area contributed by atoms with E-state index in [1.165, 1.54) is 0 Å². The largest absolute Gasteiger partial charge is 0.493 e. The van der Waals surface area contributed by atoms with Crippen LogP contribution < -0.4 is 4.74 Å². The Morgan fingerprint density at radius 3 is 2.94 bits per heavy atom. The van der Waals surface area contributed by atoms with Gasteiger partial charge in [-0.3, -0.25) is 4.79 Å². The summed E-state index contributed by atoms with van der Waals surface area (Å²) in [6.07, 6.45) is 4.84. The molecular weight excluding hydrogens is 228 g/mol. The van der Waals surface area contributed by atoms with Gasteiger partial charge in [0.1, 0.15) is 11.9 Å². The molecule has 18 heavy (non-hydrogen) atoms. The Hall–Kier alpha value is -1.35. The summed E-state index contributed by atoms with van der Waals surface area (Å²) in [4.78, 5) is 12.3. The summed E-state index contributed by atoms with van der Waals surface area (Å²) in [5.74, 6) is 1.07. The smallest absolute Gasteiger partial charge is 0.191 e. The van der Waals surface area contributed by atoms with Crippen molar-refractivity contribution in [1.82, 2.24) is 0 Å². The van der Waals surface area contributed by atoms with E-state index in [-0.39, 0.29) is 11.9 Å². The summed E-state index contributed by atoms with van der Waals surface area (Å²) in [7, 11) is 0. The van der Waals surface area contributed by atoms with Crippen molar-refractivity contribution >= 4 is 5.78 Å². The zero-order valence-electron chi connectivity index (χ0n) is 10.5. The van der Waals surface area contributed by atoms with Gasteiger partial charge in [-0.2, -0.15) is 0 Å². The molecule has 1 unspecified atom stereocenters. The fourth-order valence-corrected chi connectivity index (χ4v) is 2.64. The van der Waals surface area contributed by atoms with Crippen molar-refractivity contribution in [3.63, 3.8) is 0 Å². The summed E-state index contributed by atoms with van der Waals surface area (Å²) in [6.45, 7) is 1.50. The summed E-state index contributed by atoms with van der Waals surface area (Å²) in [5, 5.41) is 0. The van der Waals surface area contributed by atoms with Crippen LogP contribution in [0.15, 0.2) is 18.2 Å². The lowest BCUT2D eigenvalue weighted by molar-refractivity contribution is 0.0643. The molecule has 3 rings (SSSR count). The van der Waals surface area contributed by atoms with Crippen LogP contribution in [0.4, 0.5) is 0 Å². The number of ketones is 1. The first-order valence-electron chi connectivity index (χ1n) is 6.76. The van der Waals surface area contributed by atoms with Crippen LogP contribution in [0.5, 0.6) is 5.75 Å². The molecule has 0 spiro atoms. The van der Waals surface area contributed by atoms with Crippen LogP contribution in [0.1, 0.15) is 41.6 Å². The van der Waals surface area contributed by atoms with E-state index in [9.17, 15) is 4.79 Å². The van der Waals surface area contributed by atoms with Crippen LogP contribution in [0.25, 0.3) is 0 Å². The number of ether oxygens (including phenoxy) is 2. The summed E-state index contributed by atoms with van der Waals surface area (Å²) in [5.41, 5.74) is 1.93. The van der Waals surface area contributed by atoms with Crippen molar-refractivity contribution in [1.29, 1.82) is 0 Å². The Kier molecular flexibility index (Phi) is 3.33. The number of rotatable bonds is 2. The van der Waals surface area contributed by atoms with Gasteiger partial charge >= 0.3 is 0 Å². The van der Waals surface area contributed by atoms with E-state index < -0.39 is 0 Å². The van der Waals surface area contributed by atoms with Crippen molar-refractivity contribution in [2.24, 2.45) is 0 Å². The minimum absolute atomic E-state index is 0.125. The zero-order chi connectivity index (χ0) is 12.4. The van der Waals surface area contributed by atoms with Gasteiger partial charge in [-0.1, -0.05) is 0 Å². The SMILES string of the molecule is O=C(c1ccc2c(c1)CCCCO2)C1CCCO1. The molecule has 1 fully saturated rings. The van der Waals surface area contributed by atoms with Crippen LogP contribution in [0.3, 0.4) is 0 Å². The minimum Gasteiger partial charge on any atom is -0.493 e. The molecule has 0 aromatic heterocycles. The van der Waals surface area contributed by atoms with E-state index in [1.807, 2.05) is 18.2 Å². The van der Waals surface area contributed by atoms with Gasteiger partial charge in [0, 0.05) is 12.2 Å². The van der Waals surface area contributed by atoms with E-state index >= 15 is 0 Å². The normalized spacial score (nSPS) is 23.0. The third-order valence-electron chi connectivity index (χ3n) is 3.67. The van der Waals surface area contributed by atoms with Crippen molar-refractivity contribution in [2.45, 2.75) is 38.2 Å². The van der Waals surface area contributed by atoms with Crippen LogP contribution in [-0.2, 0) is 11.2 Å². The van der Waals surface area contributed by atoms with Crippen molar-refractivity contribution in [3.8, 4) is 5.75 Å². The summed E-state index contributed by atoms with van der Waals surface area (Å²) < 4.78 is 11.1. The number of carbonyl (C=O) groups is 1. The minimum atomic E-state index is -0.227. The first kappa shape index (κ1) is 11.7. The number of hydrogen-bond donors (Lipinski definition) is 0. The predicted octanol–water partition coefficient (Wildman–Crippen LogP) is 2.76. The van der Waals surface area contributed by atoms with Gasteiger partial charge in [-0.05, 0) is 55.9 Å². The highest BCUT2D eigenvalue weighted by Crippen LogP contribution is 2.27. The Bertz CT molecular complexity index is 447. The highest BCUT2D eigenvalue weighted by molar-refractivity contribution is 5.99. The molecule has 1 atom stereocenters. The Balaban J connectivity index is 1.84. The van der Waals surface area contributed by atoms with Gasteiger partial charge in [-0.25, -0.2) is 0 Å². The van der Waals surface area contributed by atoms with E-state index in [4.69, 9.17) is 9.47 Å². The average molecular weight is 246 g/mol. The van der Waals surface area contributed by atoms with E-state index in [0.29, 0.717) is 6.61 Å². The molecule has 0 bridgehead atoms. The maximum absolute atomic E-state index is 12.3. The molecule has 0 saturated carbocycles. The van der Waals surface area contributed by atoms with Gasteiger partial charge < -0.3 is 9.47 Å². The lowest BCUT2D eigenvalue weighted by Crippen LogP contribution is -2.19. The van der Waals surface area contributed by atoms with Gasteiger partial charge in [0.25, 0.3) is 0 Å². The lowest BCUT2D eigenvalue weighted by atomic mass is 9.99. The maximum atomic E-state index is 12.3. The van der Waals surface area contributed by atoms with Crippen molar-refractivity contribution in [2.75, 3.05) is 13.2 Å². The Morgan fingerprint density at radius 2 is 2.11 bits per heavy atom. The molecule has 3 heteroatoms. The molecule has 0 aliphatic carbocycles. The highest BCUT2D eigenvalue weighted by atomic mass is 16.5. The molecule has 1 aromatic carbocycles.